The maximum absolute atomic E-state index is 5.83. The highest BCUT2D eigenvalue weighted by Gasteiger charge is 2.05. The lowest BCUT2D eigenvalue weighted by Gasteiger charge is -2.10. The summed E-state index contributed by atoms with van der Waals surface area (Å²) in [6, 6.07) is 6.16. The molecule has 2 aromatic rings. The number of thiazole rings is 1. The number of para-hydroxylation sites is 1. The molecule has 0 atom stereocenters. The van der Waals surface area contributed by atoms with E-state index in [0.29, 0.717) is 12.4 Å². The molecule has 17 heavy (non-hydrogen) atoms. The number of hydrogen-bond acceptors (Lipinski definition) is 4. The Bertz CT molecular complexity index is 488. The monoisotopic (exact) mass is 265 g/mol. The van der Waals surface area contributed by atoms with Crippen molar-refractivity contribution in [1.29, 1.82) is 0 Å². The van der Waals surface area contributed by atoms with Gasteiger partial charge in [0.2, 0.25) is 0 Å². The van der Waals surface area contributed by atoms with Crippen molar-refractivity contribution in [2.75, 3.05) is 0 Å². The molecule has 0 saturated carbocycles. The van der Waals surface area contributed by atoms with Crippen molar-refractivity contribution in [3.8, 4) is 5.75 Å². The molecule has 4 heteroatoms. The van der Waals surface area contributed by atoms with E-state index < -0.39 is 0 Å². The fourth-order valence-corrected chi connectivity index (χ4v) is 2.64. The van der Waals surface area contributed by atoms with Crippen molar-refractivity contribution in [3.05, 3.63) is 45.4 Å². The van der Waals surface area contributed by atoms with Crippen molar-refractivity contribution in [3.63, 3.8) is 0 Å². The largest absolute Gasteiger partial charge is 0.486 e. The fourth-order valence-electron chi connectivity index (χ4n) is 1.65. The number of aromatic nitrogens is 1. The zero-order valence-corrected chi connectivity index (χ0v) is 11.6. The number of ether oxygens (including phenoxy) is 1. The summed E-state index contributed by atoms with van der Waals surface area (Å²) >= 11 is 5.82. The molecule has 2 nitrogen and oxygen atoms in total. The van der Waals surface area contributed by atoms with E-state index in [9.17, 15) is 0 Å². The van der Waals surface area contributed by atoms with Crippen molar-refractivity contribution < 1.29 is 4.74 Å². The van der Waals surface area contributed by atoms with Crippen LogP contribution in [0.1, 0.15) is 21.8 Å². The maximum Gasteiger partial charge on any atom is 0.140 e. The van der Waals surface area contributed by atoms with Crippen molar-refractivity contribution in [1.82, 2.24) is 4.98 Å². The standard InChI is InChI=1S/C13H15NOS2/c1-9-4-3-5-10(2)13(9)15-6-12-14-11(7-16)8-17-12/h3-5,8,16H,6-7H2,1-2H3. The molecule has 0 amide bonds. The van der Waals surface area contributed by atoms with Gasteiger partial charge in [0.15, 0.2) is 0 Å². The SMILES string of the molecule is Cc1cccc(C)c1OCc1nc(CS)cs1. The minimum Gasteiger partial charge on any atom is -0.486 e. The van der Waals surface area contributed by atoms with Gasteiger partial charge >= 0.3 is 0 Å². The van der Waals surface area contributed by atoms with E-state index in [-0.39, 0.29) is 0 Å². The quantitative estimate of drug-likeness (QED) is 0.850. The molecule has 0 radical (unpaired) electrons. The van der Waals surface area contributed by atoms with Crippen LogP contribution in [0.15, 0.2) is 23.6 Å². The topological polar surface area (TPSA) is 22.1 Å². The lowest BCUT2D eigenvalue weighted by atomic mass is 10.1. The van der Waals surface area contributed by atoms with Gasteiger partial charge in [-0.25, -0.2) is 4.98 Å². The van der Waals surface area contributed by atoms with Crippen LogP contribution in [0.2, 0.25) is 0 Å². The Morgan fingerprint density at radius 2 is 2.00 bits per heavy atom. The number of benzene rings is 1. The zero-order chi connectivity index (χ0) is 12.3. The Morgan fingerprint density at radius 3 is 2.59 bits per heavy atom. The first kappa shape index (κ1) is 12.5. The molecular weight excluding hydrogens is 250 g/mol. The van der Waals surface area contributed by atoms with Gasteiger partial charge < -0.3 is 4.74 Å². The summed E-state index contributed by atoms with van der Waals surface area (Å²) in [5.41, 5.74) is 3.34. The second-order valence-electron chi connectivity index (χ2n) is 3.90. The Morgan fingerprint density at radius 1 is 1.29 bits per heavy atom. The van der Waals surface area contributed by atoms with E-state index in [1.54, 1.807) is 11.3 Å². The summed E-state index contributed by atoms with van der Waals surface area (Å²) in [7, 11) is 0. The molecule has 0 aliphatic rings. The normalized spacial score (nSPS) is 10.5. The Labute approximate surface area is 111 Å². The average molecular weight is 265 g/mol. The fraction of sp³-hybridized carbons (Fsp3) is 0.308. The van der Waals surface area contributed by atoms with Gasteiger partial charge in [-0.05, 0) is 25.0 Å². The van der Waals surface area contributed by atoms with Crippen molar-refractivity contribution >= 4 is 24.0 Å². The van der Waals surface area contributed by atoms with Crippen LogP contribution in [-0.4, -0.2) is 4.98 Å². The first-order chi connectivity index (χ1) is 8.20. The third kappa shape index (κ3) is 3.01. The van der Waals surface area contributed by atoms with Gasteiger partial charge in [-0.2, -0.15) is 12.6 Å². The molecule has 0 N–H and O–H groups in total. The molecule has 1 aromatic heterocycles. The summed E-state index contributed by atoms with van der Waals surface area (Å²) in [5, 5.41) is 3.02. The van der Waals surface area contributed by atoms with E-state index in [1.165, 1.54) is 0 Å². The Balaban J connectivity index is 2.07. The number of hydrogen-bond donors (Lipinski definition) is 1. The highest BCUT2D eigenvalue weighted by atomic mass is 32.1. The summed E-state index contributed by atoms with van der Waals surface area (Å²) in [6.45, 7) is 4.65. The molecule has 0 bridgehead atoms. The van der Waals surface area contributed by atoms with Gasteiger partial charge in [0.05, 0.1) is 5.69 Å². The number of thiol groups is 1. The molecule has 2 rings (SSSR count). The molecule has 0 spiro atoms. The third-order valence-electron chi connectivity index (χ3n) is 2.51. The van der Waals surface area contributed by atoms with E-state index in [4.69, 9.17) is 4.74 Å². The molecule has 0 aliphatic carbocycles. The number of nitrogens with zero attached hydrogens (tertiary/aromatic N) is 1. The van der Waals surface area contributed by atoms with Gasteiger partial charge in [0.25, 0.3) is 0 Å². The smallest absolute Gasteiger partial charge is 0.140 e. The second kappa shape index (κ2) is 5.56. The van der Waals surface area contributed by atoms with Crippen LogP contribution in [-0.2, 0) is 12.4 Å². The molecule has 0 fully saturated rings. The second-order valence-corrected chi connectivity index (χ2v) is 5.16. The summed E-state index contributed by atoms with van der Waals surface area (Å²) < 4.78 is 5.83. The number of rotatable bonds is 4. The van der Waals surface area contributed by atoms with E-state index in [2.05, 4.69) is 43.6 Å². The lowest BCUT2D eigenvalue weighted by Crippen LogP contribution is -1.98. The zero-order valence-electron chi connectivity index (χ0n) is 9.93. The molecule has 90 valence electrons. The summed E-state index contributed by atoms with van der Waals surface area (Å²) in [5.74, 6) is 1.65. The molecular formula is C13H15NOS2. The van der Waals surface area contributed by atoms with Crippen LogP contribution in [0, 0.1) is 13.8 Å². The Hall–Kier alpha value is -1.000. The molecule has 0 aliphatic heterocycles. The minimum atomic E-state index is 0.532. The highest BCUT2D eigenvalue weighted by Crippen LogP contribution is 2.24. The van der Waals surface area contributed by atoms with Gasteiger partial charge in [0, 0.05) is 11.1 Å². The van der Waals surface area contributed by atoms with Crippen LogP contribution >= 0.6 is 24.0 Å². The van der Waals surface area contributed by atoms with Gasteiger partial charge in [-0.3, -0.25) is 0 Å². The summed E-state index contributed by atoms with van der Waals surface area (Å²) in [6.07, 6.45) is 0. The highest BCUT2D eigenvalue weighted by molar-refractivity contribution is 7.79. The van der Waals surface area contributed by atoms with E-state index in [1.807, 2.05) is 11.4 Å². The first-order valence-electron chi connectivity index (χ1n) is 5.44. The number of aryl methyl sites for hydroxylation is 2. The maximum atomic E-state index is 5.83. The van der Waals surface area contributed by atoms with Crippen LogP contribution in [0.4, 0.5) is 0 Å². The van der Waals surface area contributed by atoms with Gasteiger partial charge in [0.1, 0.15) is 17.4 Å². The van der Waals surface area contributed by atoms with Gasteiger partial charge in [-0.1, -0.05) is 18.2 Å². The summed E-state index contributed by atoms with van der Waals surface area (Å²) in [4.78, 5) is 4.42. The van der Waals surface area contributed by atoms with Crippen molar-refractivity contribution in [2.24, 2.45) is 0 Å². The third-order valence-corrected chi connectivity index (χ3v) is 3.71. The molecule has 1 aromatic carbocycles. The Kier molecular flexibility index (Phi) is 4.07. The van der Waals surface area contributed by atoms with Crippen LogP contribution < -0.4 is 4.74 Å². The van der Waals surface area contributed by atoms with Crippen LogP contribution in [0.25, 0.3) is 0 Å². The predicted molar refractivity (Wildman–Crippen MR) is 75.1 cm³/mol. The van der Waals surface area contributed by atoms with Crippen molar-refractivity contribution in [2.45, 2.75) is 26.2 Å². The first-order valence-corrected chi connectivity index (χ1v) is 6.95. The lowest BCUT2D eigenvalue weighted by molar-refractivity contribution is 0.301. The molecule has 1 heterocycles. The average Bonchev–Trinajstić information content (AvgIpc) is 2.76. The molecule has 0 unspecified atom stereocenters. The van der Waals surface area contributed by atoms with E-state index in [0.717, 1.165) is 27.6 Å². The van der Waals surface area contributed by atoms with Gasteiger partial charge in [-0.15, -0.1) is 11.3 Å². The minimum absolute atomic E-state index is 0.532. The van der Waals surface area contributed by atoms with Crippen LogP contribution in [0.5, 0.6) is 5.75 Å². The van der Waals surface area contributed by atoms with Crippen LogP contribution in [0.3, 0.4) is 0 Å². The van der Waals surface area contributed by atoms with E-state index >= 15 is 0 Å². The predicted octanol–water partition coefficient (Wildman–Crippen LogP) is 3.77. The molecule has 0 saturated heterocycles.